The van der Waals surface area contributed by atoms with Crippen LogP contribution >= 0.6 is 0 Å². The van der Waals surface area contributed by atoms with Gasteiger partial charge in [0.2, 0.25) is 5.91 Å². The summed E-state index contributed by atoms with van der Waals surface area (Å²) in [5.41, 5.74) is 0.299. The number of carbonyl (C=O) groups excluding carboxylic acids is 1. The molecular formula is C15H18FNO4. The lowest BCUT2D eigenvalue weighted by Crippen LogP contribution is -2.36. The first-order valence-electron chi connectivity index (χ1n) is 6.90. The monoisotopic (exact) mass is 295 g/mol. The zero-order valence-electron chi connectivity index (χ0n) is 11.8. The van der Waals surface area contributed by atoms with Crippen molar-refractivity contribution in [2.24, 2.45) is 11.8 Å². The number of amides is 1. The third kappa shape index (κ3) is 3.51. The summed E-state index contributed by atoms with van der Waals surface area (Å²) in [5.74, 6) is -3.03. The van der Waals surface area contributed by atoms with Gasteiger partial charge >= 0.3 is 5.97 Å². The van der Waals surface area contributed by atoms with E-state index in [0.29, 0.717) is 18.5 Å². The van der Waals surface area contributed by atoms with Gasteiger partial charge in [-0.1, -0.05) is 12.8 Å². The van der Waals surface area contributed by atoms with Gasteiger partial charge in [-0.15, -0.1) is 0 Å². The molecule has 0 radical (unpaired) electrons. The minimum atomic E-state index is -0.948. The van der Waals surface area contributed by atoms with Crippen molar-refractivity contribution in [3.05, 3.63) is 24.0 Å². The van der Waals surface area contributed by atoms with Crippen molar-refractivity contribution in [2.75, 3.05) is 12.4 Å². The summed E-state index contributed by atoms with van der Waals surface area (Å²) in [7, 11) is 1.36. The molecule has 0 saturated heterocycles. The number of carboxylic acid groups (broad SMARTS) is 1. The molecule has 21 heavy (non-hydrogen) atoms. The Morgan fingerprint density at radius 2 is 1.95 bits per heavy atom. The normalized spacial score (nSPS) is 21.6. The third-order valence-corrected chi connectivity index (χ3v) is 3.84. The van der Waals surface area contributed by atoms with Crippen molar-refractivity contribution >= 4 is 17.6 Å². The molecule has 2 atom stereocenters. The van der Waals surface area contributed by atoms with E-state index in [1.165, 1.54) is 19.2 Å². The molecule has 5 nitrogen and oxygen atoms in total. The largest absolute Gasteiger partial charge is 0.494 e. The summed E-state index contributed by atoms with van der Waals surface area (Å²) in [6, 6.07) is 4.11. The Bertz CT molecular complexity index is 546. The predicted molar refractivity (Wildman–Crippen MR) is 74.7 cm³/mol. The molecular weight excluding hydrogens is 277 g/mol. The second-order valence-corrected chi connectivity index (χ2v) is 5.17. The molecule has 0 bridgehead atoms. The van der Waals surface area contributed by atoms with Gasteiger partial charge in [-0.3, -0.25) is 9.59 Å². The fraction of sp³-hybridized carbons (Fsp3) is 0.467. The molecule has 0 unspecified atom stereocenters. The van der Waals surface area contributed by atoms with Crippen molar-refractivity contribution in [1.82, 2.24) is 0 Å². The molecule has 2 rings (SSSR count). The lowest BCUT2D eigenvalue weighted by molar-refractivity contribution is -0.147. The minimum absolute atomic E-state index is 0.0917. The molecule has 114 valence electrons. The van der Waals surface area contributed by atoms with Crippen LogP contribution in [0, 0.1) is 17.7 Å². The molecule has 1 fully saturated rings. The summed E-state index contributed by atoms with van der Waals surface area (Å²) in [5, 5.41) is 11.8. The number of hydrogen-bond acceptors (Lipinski definition) is 3. The van der Waals surface area contributed by atoms with Crippen molar-refractivity contribution < 1.29 is 23.8 Å². The van der Waals surface area contributed by atoms with Crippen LogP contribution in [0.3, 0.4) is 0 Å². The minimum Gasteiger partial charge on any atom is -0.494 e. The number of ether oxygens (including phenoxy) is 1. The second kappa shape index (κ2) is 6.56. The molecule has 1 aromatic carbocycles. The van der Waals surface area contributed by atoms with Gasteiger partial charge in [-0.2, -0.15) is 0 Å². The standard InChI is InChI=1S/C15H18FNO4/c1-21-13-7-6-9(8-12(13)16)17-14(18)10-4-2-3-5-11(10)15(19)20/h6-8,10-11H,2-5H2,1H3,(H,17,18)(H,19,20)/t10-,11+/m1/s1. The summed E-state index contributed by atoms with van der Waals surface area (Å²) in [6.07, 6.45) is 2.70. The van der Waals surface area contributed by atoms with Crippen molar-refractivity contribution in [3.63, 3.8) is 0 Å². The van der Waals surface area contributed by atoms with Gasteiger partial charge in [0, 0.05) is 11.8 Å². The number of benzene rings is 1. The zero-order valence-corrected chi connectivity index (χ0v) is 11.8. The maximum absolute atomic E-state index is 13.6. The van der Waals surface area contributed by atoms with Gasteiger partial charge in [0.15, 0.2) is 11.6 Å². The van der Waals surface area contributed by atoms with Crippen LogP contribution < -0.4 is 10.1 Å². The van der Waals surface area contributed by atoms with Crippen molar-refractivity contribution in [1.29, 1.82) is 0 Å². The van der Waals surface area contributed by atoms with Crippen LogP contribution in [-0.4, -0.2) is 24.1 Å². The third-order valence-electron chi connectivity index (χ3n) is 3.84. The highest BCUT2D eigenvalue weighted by Crippen LogP contribution is 2.31. The summed E-state index contributed by atoms with van der Waals surface area (Å²) >= 11 is 0. The fourth-order valence-corrected chi connectivity index (χ4v) is 2.72. The van der Waals surface area contributed by atoms with E-state index in [0.717, 1.165) is 18.9 Å². The van der Waals surface area contributed by atoms with Crippen LogP contribution in [0.5, 0.6) is 5.75 Å². The molecule has 1 amide bonds. The molecule has 0 heterocycles. The highest BCUT2D eigenvalue weighted by atomic mass is 19.1. The lowest BCUT2D eigenvalue weighted by atomic mass is 9.78. The number of rotatable bonds is 4. The van der Waals surface area contributed by atoms with E-state index < -0.39 is 23.6 Å². The van der Waals surface area contributed by atoms with Crippen molar-refractivity contribution in [2.45, 2.75) is 25.7 Å². The van der Waals surface area contributed by atoms with Gasteiger partial charge in [0.05, 0.1) is 18.9 Å². The average Bonchev–Trinajstić information content (AvgIpc) is 2.47. The number of hydrogen-bond donors (Lipinski definition) is 2. The first-order valence-corrected chi connectivity index (χ1v) is 6.90. The number of carboxylic acids is 1. The van der Waals surface area contributed by atoms with E-state index in [1.807, 2.05) is 0 Å². The number of carbonyl (C=O) groups is 2. The average molecular weight is 295 g/mol. The van der Waals surface area contributed by atoms with Crippen LogP contribution in [0.1, 0.15) is 25.7 Å². The number of methoxy groups -OCH3 is 1. The molecule has 6 heteroatoms. The quantitative estimate of drug-likeness (QED) is 0.895. The Hall–Kier alpha value is -2.11. The first-order chi connectivity index (χ1) is 10.0. The molecule has 1 aliphatic rings. The Labute approximate surface area is 122 Å². The topological polar surface area (TPSA) is 75.6 Å². The SMILES string of the molecule is COc1ccc(NC(=O)[C@@H]2CCCC[C@@H]2C(=O)O)cc1F. The van der Waals surface area contributed by atoms with E-state index in [2.05, 4.69) is 5.32 Å². The second-order valence-electron chi connectivity index (χ2n) is 5.17. The van der Waals surface area contributed by atoms with Crippen LogP contribution in [0.2, 0.25) is 0 Å². The fourth-order valence-electron chi connectivity index (χ4n) is 2.72. The lowest BCUT2D eigenvalue weighted by Gasteiger charge is -2.27. The Morgan fingerprint density at radius 1 is 1.29 bits per heavy atom. The van der Waals surface area contributed by atoms with Gasteiger partial charge in [0.25, 0.3) is 0 Å². The van der Waals surface area contributed by atoms with Crippen LogP contribution in [-0.2, 0) is 9.59 Å². The zero-order chi connectivity index (χ0) is 15.4. The van der Waals surface area contributed by atoms with Gasteiger partial charge in [-0.05, 0) is 25.0 Å². The van der Waals surface area contributed by atoms with Crippen LogP contribution in [0.4, 0.5) is 10.1 Å². The molecule has 1 aliphatic carbocycles. The van der Waals surface area contributed by atoms with E-state index in [1.54, 1.807) is 0 Å². The van der Waals surface area contributed by atoms with Gasteiger partial charge in [-0.25, -0.2) is 4.39 Å². The number of halogens is 1. The van der Waals surface area contributed by atoms with E-state index in [-0.39, 0.29) is 11.7 Å². The first kappa shape index (κ1) is 15.3. The van der Waals surface area contributed by atoms with Crippen LogP contribution in [0.15, 0.2) is 18.2 Å². The highest BCUT2D eigenvalue weighted by Gasteiger charge is 2.35. The molecule has 1 saturated carbocycles. The Kier molecular flexibility index (Phi) is 4.77. The molecule has 2 N–H and O–H groups in total. The predicted octanol–water partition coefficient (Wildman–Crippen LogP) is 2.66. The van der Waals surface area contributed by atoms with E-state index in [4.69, 9.17) is 4.74 Å². The van der Waals surface area contributed by atoms with Gasteiger partial charge < -0.3 is 15.2 Å². The number of nitrogens with one attached hydrogen (secondary N) is 1. The Balaban J connectivity index is 2.09. The molecule has 0 aliphatic heterocycles. The summed E-state index contributed by atoms with van der Waals surface area (Å²) < 4.78 is 18.4. The summed E-state index contributed by atoms with van der Waals surface area (Å²) in [4.78, 5) is 23.4. The number of aliphatic carboxylic acids is 1. The summed E-state index contributed by atoms with van der Waals surface area (Å²) in [6.45, 7) is 0. The molecule has 0 spiro atoms. The van der Waals surface area contributed by atoms with E-state index in [9.17, 15) is 19.1 Å². The van der Waals surface area contributed by atoms with E-state index >= 15 is 0 Å². The maximum Gasteiger partial charge on any atom is 0.307 e. The number of anilines is 1. The smallest absolute Gasteiger partial charge is 0.307 e. The van der Waals surface area contributed by atoms with Gasteiger partial charge in [0.1, 0.15) is 0 Å². The maximum atomic E-state index is 13.6. The highest BCUT2D eigenvalue weighted by molar-refractivity contribution is 5.95. The Morgan fingerprint density at radius 3 is 2.52 bits per heavy atom. The van der Waals surface area contributed by atoms with Crippen molar-refractivity contribution in [3.8, 4) is 5.75 Å². The van der Waals surface area contributed by atoms with Crippen LogP contribution in [0.25, 0.3) is 0 Å². The molecule has 1 aromatic rings. The molecule has 0 aromatic heterocycles.